The zero-order chi connectivity index (χ0) is 13.0. The lowest BCUT2D eigenvalue weighted by atomic mass is 10.1. The van der Waals surface area contributed by atoms with Crippen molar-refractivity contribution in [2.75, 3.05) is 25.6 Å². The number of Topliss-reactive ketones (excluding diaryl/α,β-unsaturated/α-hetero) is 1. The smallest absolute Gasteiger partial charge is 0.137 e. The van der Waals surface area contributed by atoms with Crippen LogP contribution in [-0.2, 0) is 4.79 Å². The number of ketones is 1. The van der Waals surface area contributed by atoms with E-state index in [2.05, 4.69) is 0 Å². The van der Waals surface area contributed by atoms with Crippen molar-refractivity contribution in [3.63, 3.8) is 0 Å². The second-order valence-electron chi connectivity index (χ2n) is 4.15. The van der Waals surface area contributed by atoms with Crippen LogP contribution in [0.3, 0.4) is 0 Å². The number of aryl methyl sites for hydroxylation is 1. The van der Waals surface area contributed by atoms with Crippen LogP contribution in [0.5, 0.6) is 5.75 Å². The molecular weight excluding hydrogens is 238 g/mol. The molecule has 0 saturated heterocycles. The summed E-state index contributed by atoms with van der Waals surface area (Å²) in [6.45, 7) is 4.29. The predicted octanol–water partition coefficient (Wildman–Crippen LogP) is 3.07. The molecule has 0 unspecified atom stereocenters. The Balaban J connectivity index is 2.90. The fourth-order valence-electron chi connectivity index (χ4n) is 1.66. The number of carbonyl (C=O) groups excluding carboxylic acids is 1. The molecule has 0 aliphatic carbocycles. The number of rotatable bonds is 5. The highest BCUT2D eigenvalue weighted by atomic mass is 35.5. The van der Waals surface area contributed by atoms with Gasteiger partial charge in [0, 0.05) is 25.7 Å². The first-order chi connectivity index (χ1) is 7.95. The number of hydrogen-bond acceptors (Lipinski definition) is 3. The predicted molar refractivity (Wildman–Crippen MR) is 71.3 cm³/mol. The molecule has 0 spiro atoms. The van der Waals surface area contributed by atoms with Crippen LogP contribution in [-0.4, -0.2) is 26.5 Å². The van der Waals surface area contributed by atoms with Gasteiger partial charge in [-0.2, -0.15) is 0 Å². The average Bonchev–Trinajstić information content (AvgIpc) is 2.28. The molecule has 1 rings (SSSR count). The van der Waals surface area contributed by atoms with E-state index in [-0.39, 0.29) is 5.78 Å². The summed E-state index contributed by atoms with van der Waals surface area (Å²) in [4.78, 5) is 13.0. The van der Waals surface area contributed by atoms with E-state index in [9.17, 15) is 4.79 Å². The van der Waals surface area contributed by atoms with E-state index in [1.165, 1.54) is 0 Å². The fourth-order valence-corrected chi connectivity index (χ4v) is 1.89. The first kappa shape index (κ1) is 13.8. The van der Waals surface area contributed by atoms with Gasteiger partial charge in [-0.25, -0.2) is 0 Å². The Morgan fingerprint density at radius 3 is 2.65 bits per heavy atom. The second kappa shape index (κ2) is 5.92. The van der Waals surface area contributed by atoms with E-state index in [1.54, 1.807) is 14.0 Å². The Hall–Kier alpha value is -1.22. The van der Waals surface area contributed by atoms with Crippen molar-refractivity contribution >= 4 is 23.1 Å². The number of anilines is 1. The van der Waals surface area contributed by atoms with E-state index in [4.69, 9.17) is 16.3 Å². The molecule has 0 saturated carbocycles. The molecule has 94 valence electrons. The standard InChI is InChI=1S/C13H18ClNO2/c1-9-7-13(17-4)11(14)8-12(9)15(3)6-5-10(2)16/h7-8H,5-6H2,1-4H3. The molecule has 0 aliphatic rings. The minimum atomic E-state index is 0.189. The molecule has 0 N–H and O–H groups in total. The summed E-state index contributed by atoms with van der Waals surface area (Å²) in [6.07, 6.45) is 0.541. The SMILES string of the molecule is COc1cc(C)c(N(C)CCC(C)=O)cc1Cl. The fraction of sp³-hybridized carbons (Fsp3) is 0.462. The van der Waals surface area contributed by atoms with Crippen molar-refractivity contribution in [3.05, 3.63) is 22.7 Å². The number of nitrogens with zero attached hydrogens (tertiary/aromatic N) is 1. The molecule has 3 nitrogen and oxygen atoms in total. The third-order valence-corrected chi connectivity index (χ3v) is 2.98. The van der Waals surface area contributed by atoms with Crippen molar-refractivity contribution in [2.45, 2.75) is 20.3 Å². The van der Waals surface area contributed by atoms with E-state index in [1.807, 2.05) is 31.0 Å². The minimum Gasteiger partial charge on any atom is -0.495 e. The number of ether oxygens (including phenoxy) is 1. The second-order valence-corrected chi connectivity index (χ2v) is 4.55. The van der Waals surface area contributed by atoms with Crippen molar-refractivity contribution < 1.29 is 9.53 Å². The molecule has 1 aromatic carbocycles. The number of benzene rings is 1. The number of methoxy groups -OCH3 is 1. The van der Waals surface area contributed by atoms with Gasteiger partial charge in [-0.15, -0.1) is 0 Å². The van der Waals surface area contributed by atoms with Crippen molar-refractivity contribution in [1.29, 1.82) is 0 Å². The van der Waals surface area contributed by atoms with Crippen LogP contribution in [0.4, 0.5) is 5.69 Å². The molecule has 4 heteroatoms. The first-order valence-corrected chi connectivity index (χ1v) is 5.88. The Labute approximate surface area is 107 Å². The van der Waals surface area contributed by atoms with Crippen molar-refractivity contribution in [3.8, 4) is 5.75 Å². The van der Waals surface area contributed by atoms with E-state index in [0.29, 0.717) is 23.7 Å². The number of carbonyl (C=O) groups is 1. The average molecular weight is 256 g/mol. The summed E-state index contributed by atoms with van der Waals surface area (Å²) in [7, 11) is 3.55. The molecule has 1 aromatic rings. The van der Waals surface area contributed by atoms with Gasteiger partial charge in [0.15, 0.2) is 0 Å². The monoisotopic (exact) mass is 255 g/mol. The Morgan fingerprint density at radius 2 is 2.12 bits per heavy atom. The molecular formula is C13H18ClNO2. The maximum Gasteiger partial charge on any atom is 0.137 e. The highest BCUT2D eigenvalue weighted by molar-refractivity contribution is 6.32. The van der Waals surface area contributed by atoms with Gasteiger partial charge in [0.05, 0.1) is 12.1 Å². The molecule has 0 radical (unpaired) electrons. The van der Waals surface area contributed by atoms with E-state index in [0.717, 1.165) is 11.3 Å². The third-order valence-electron chi connectivity index (χ3n) is 2.68. The third kappa shape index (κ3) is 3.63. The molecule has 0 aromatic heterocycles. The summed E-state index contributed by atoms with van der Waals surface area (Å²) in [6, 6.07) is 3.78. The quantitative estimate of drug-likeness (QED) is 0.810. The maximum absolute atomic E-state index is 11.0. The van der Waals surface area contributed by atoms with Crippen LogP contribution in [0.2, 0.25) is 5.02 Å². The lowest BCUT2D eigenvalue weighted by Gasteiger charge is -2.22. The van der Waals surface area contributed by atoms with E-state index < -0.39 is 0 Å². The van der Waals surface area contributed by atoms with Crippen LogP contribution in [0.25, 0.3) is 0 Å². The summed E-state index contributed by atoms with van der Waals surface area (Å²) in [5.74, 6) is 0.863. The summed E-state index contributed by atoms with van der Waals surface area (Å²) >= 11 is 6.09. The minimum absolute atomic E-state index is 0.189. The van der Waals surface area contributed by atoms with Crippen LogP contribution < -0.4 is 9.64 Å². The molecule has 0 amide bonds. The van der Waals surface area contributed by atoms with Gasteiger partial charge in [-0.1, -0.05) is 11.6 Å². The van der Waals surface area contributed by atoms with Gasteiger partial charge >= 0.3 is 0 Å². The molecule has 0 aliphatic heterocycles. The Morgan fingerprint density at radius 1 is 1.47 bits per heavy atom. The summed E-state index contributed by atoms with van der Waals surface area (Å²) in [5.41, 5.74) is 2.11. The van der Waals surface area contributed by atoms with Gasteiger partial charge in [0.2, 0.25) is 0 Å². The lowest BCUT2D eigenvalue weighted by Crippen LogP contribution is -2.21. The topological polar surface area (TPSA) is 29.5 Å². The van der Waals surface area contributed by atoms with Gasteiger partial charge in [-0.05, 0) is 31.5 Å². The molecule has 0 atom stereocenters. The maximum atomic E-state index is 11.0. The normalized spacial score (nSPS) is 10.2. The van der Waals surface area contributed by atoms with E-state index >= 15 is 0 Å². The molecule has 0 bridgehead atoms. The van der Waals surface area contributed by atoms with Gasteiger partial charge in [-0.3, -0.25) is 4.79 Å². The zero-order valence-corrected chi connectivity index (χ0v) is 11.5. The highest BCUT2D eigenvalue weighted by Gasteiger charge is 2.10. The first-order valence-electron chi connectivity index (χ1n) is 5.50. The Kier molecular flexibility index (Phi) is 4.82. The Bertz CT molecular complexity index is 418. The summed E-state index contributed by atoms with van der Waals surface area (Å²) in [5, 5.41) is 0.586. The molecule has 0 fully saturated rings. The van der Waals surface area contributed by atoms with Gasteiger partial charge in [0.1, 0.15) is 11.5 Å². The van der Waals surface area contributed by atoms with Gasteiger partial charge in [0.25, 0.3) is 0 Å². The largest absolute Gasteiger partial charge is 0.495 e. The zero-order valence-electron chi connectivity index (χ0n) is 10.7. The van der Waals surface area contributed by atoms with Crippen molar-refractivity contribution in [1.82, 2.24) is 0 Å². The summed E-state index contributed by atoms with van der Waals surface area (Å²) < 4.78 is 5.15. The van der Waals surface area contributed by atoms with Crippen LogP contribution in [0.1, 0.15) is 18.9 Å². The van der Waals surface area contributed by atoms with Crippen LogP contribution >= 0.6 is 11.6 Å². The lowest BCUT2D eigenvalue weighted by molar-refractivity contribution is -0.116. The van der Waals surface area contributed by atoms with Crippen LogP contribution in [0, 0.1) is 6.92 Å². The van der Waals surface area contributed by atoms with Gasteiger partial charge < -0.3 is 9.64 Å². The molecule has 17 heavy (non-hydrogen) atoms. The molecule has 0 heterocycles. The van der Waals surface area contributed by atoms with Crippen LogP contribution in [0.15, 0.2) is 12.1 Å². The number of hydrogen-bond donors (Lipinski definition) is 0. The highest BCUT2D eigenvalue weighted by Crippen LogP contribution is 2.32. The van der Waals surface area contributed by atoms with Crippen molar-refractivity contribution in [2.24, 2.45) is 0 Å². The number of halogens is 1.